The van der Waals surface area contributed by atoms with Crippen molar-refractivity contribution in [2.75, 3.05) is 26.1 Å². The topological polar surface area (TPSA) is 94.1 Å². The summed E-state index contributed by atoms with van der Waals surface area (Å²) in [7, 11) is 1.55. The predicted octanol–water partition coefficient (Wildman–Crippen LogP) is 2.89. The van der Waals surface area contributed by atoms with Crippen molar-refractivity contribution in [2.24, 2.45) is 0 Å². The second-order valence-corrected chi connectivity index (χ2v) is 8.35. The number of rotatable bonds is 8. The number of aliphatic hydroxyl groups is 1. The summed E-state index contributed by atoms with van der Waals surface area (Å²) in [6.07, 6.45) is 1.78. The number of imide groups is 1. The van der Waals surface area contributed by atoms with Crippen LogP contribution in [0.2, 0.25) is 0 Å². The number of fused-ring (bicyclic) bond motifs is 1. The van der Waals surface area contributed by atoms with E-state index in [1.165, 1.54) is 5.56 Å². The van der Waals surface area contributed by atoms with Gasteiger partial charge in [0.2, 0.25) is 0 Å². The lowest BCUT2D eigenvalue weighted by atomic mass is 10.1. The van der Waals surface area contributed by atoms with Gasteiger partial charge in [0.1, 0.15) is 12.4 Å². The minimum absolute atomic E-state index is 0.263. The molecule has 0 radical (unpaired) electrons. The van der Waals surface area contributed by atoms with Gasteiger partial charge in [-0.3, -0.25) is 14.9 Å². The minimum Gasteiger partial charge on any atom is -0.493 e. The molecule has 1 aliphatic rings. The summed E-state index contributed by atoms with van der Waals surface area (Å²) in [5.41, 5.74) is 2.09. The van der Waals surface area contributed by atoms with E-state index in [4.69, 9.17) is 14.2 Å². The average molecular weight is 446 g/mol. The van der Waals surface area contributed by atoms with Crippen LogP contribution in [0.4, 0.5) is 0 Å². The monoisotopic (exact) mass is 445 g/mol. The Hall–Kier alpha value is -2.71. The van der Waals surface area contributed by atoms with Crippen molar-refractivity contribution >= 4 is 23.6 Å². The number of nitrogens with one attached hydrogen (secondary N) is 1. The van der Waals surface area contributed by atoms with Gasteiger partial charge in [0.05, 0.1) is 7.11 Å². The van der Waals surface area contributed by atoms with Crippen LogP contribution in [0, 0.1) is 6.92 Å². The van der Waals surface area contributed by atoms with E-state index in [0.29, 0.717) is 17.2 Å². The first-order valence-electron chi connectivity index (χ1n) is 10.1. The summed E-state index contributed by atoms with van der Waals surface area (Å²) < 4.78 is 16.5. The van der Waals surface area contributed by atoms with Crippen molar-refractivity contribution in [3.05, 3.63) is 47.5 Å². The molecule has 2 amide bonds. The highest BCUT2D eigenvalue weighted by atomic mass is 32.2. The molecular weight excluding hydrogens is 418 g/mol. The van der Waals surface area contributed by atoms with Crippen molar-refractivity contribution in [1.29, 1.82) is 0 Å². The first-order valence-corrected chi connectivity index (χ1v) is 11.1. The summed E-state index contributed by atoms with van der Waals surface area (Å²) in [4.78, 5) is 25.3. The van der Waals surface area contributed by atoms with Crippen molar-refractivity contribution in [3.8, 4) is 17.2 Å². The molecule has 0 aliphatic carbocycles. The van der Waals surface area contributed by atoms with Gasteiger partial charge >= 0.3 is 0 Å². The summed E-state index contributed by atoms with van der Waals surface area (Å²) in [6, 6.07) is 11.1. The van der Waals surface area contributed by atoms with E-state index in [9.17, 15) is 14.7 Å². The minimum atomic E-state index is -1.48. The number of aryl methyl sites for hydroxylation is 2. The molecule has 2 aromatic carbocycles. The van der Waals surface area contributed by atoms with Crippen LogP contribution in [-0.4, -0.2) is 49.1 Å². The Morgan fingerprint density at radius 1 is 1.13 bits per heavy atom. The second kappa shape index (κ2) is 11.1. The van der Waals surface area contributed by atoms with E-state index in [1.54, 1.807) is 31.0 Å². The van der Waals surface area contributed by atoms with Crippen molar-refractivity contribution < 1.29 is 28.9 Å². The van der Waals surface area contributed by atoms with Crippen molar-refractivity contribution in [1.82, 2.24) is 5.32 Å². The average Bonchev–Trinajstić information content (AvgIpc) is 3.00. The SMILES string of the molecule is COc1cc2c(cc1OCC(=O)NC(=O)C(O)COc1ccccc1C)SCCCC2. The molecule has 0 saturated heterocycles. The number of carbonyl (C=O) groups is 2. The number of para-hydroxylation sites is 1. The molecule has 7 nitrogen and oxygen atoms in total. The number of hydrogen-bond acceptors (Lipinski definition) is 7. The number of methoxy groups -OCH3 is 1. The fourth-order valence-electron chi connectivity index (χ4n) is 3.15. The highest BCUT2D eigenvalue weighted by Crippen LogP contribution is 2.38. The quantitative estimate of drug-likeness (QED) is 0.645. The van der Waals surface area contributed by atoms with Gasteiger partial charge in [0.25, 0.3) is 11.8 Å². The standard InChI is InChI=1S/C23H27NO6S/c1-15-7-3-4-9-18(15)29-13-17(25)23(27)24-22(26)14-30-20-12-21-16(11-19(20)28-2)8-5-6-10-31-21/h3-4,7,9,11-12,17,25H,5-6,8,10,13-14H2,1-2H3,(H,24,26,27). The van der Waals surface area contributed by atoms with Crippen LogP contribution in [0.25, 0.3) is 0 Å². The van der Waals surface area contributed by atoms with Crippen LogP contribution in [0.3, 0.4) is 0 Å². The first-order chi connectivity index (χ1) is 15.0. The van der Waals surface area contributed by atoms with Crippen molar-refractivity contribution in [2.45, 2.75) is 37.2 Å². The fraction of sp³-hybridized carbons (Fsp3) is 0.391. The van der Waals surface area contributed by atoms with E-state index < -0.39 is 17.9 Å². The van der Waals surface area contributed by atoms with Gasteiger partial charge in [-0.25, -0.2) is 0 Å². The van der Waals surface area contributed by atoms with Crippen LogP contribution >= 0.6 is 11.8 Å². The van der Waals surface area contributed by atoms with Crippen LogP contribution in [-0.2, 0) is 16.0 Å². The zero-order chi connectivity index (χ0) is 22.2. The molecule has 8 heteroatoms. The number of aliphatic hydroxyl groups excluding tert-OH is 1. The lowest BCUT2D eigenvalue weighted by Crippen LogP contribution is -2.43. The maximum Gasteiger partial charge on any atom is 0.264 e. The summed E-state index contributed by atoms with van der Waals surface area (Å²) >= 11 is 1.76. The Morgan fingerprint density at radius 2 is 1.94 bits per heavy atom. The Morgan fingerprint density at radius 3 is 2.71 bits per heavy atom. The molecule has 31 heavy (non-hydrogen) atoms. The van der Waals surface area contributed by atoms with Gasteiger partial charge < -0.3 is 19.3 Å². The molecule has 1 aliphatic heterocycles. The predicted molar refractivity (Wildman–Crippen MR) is 118 cm³/mol. The third-order valence-electron chi connectivity index (χ3n) is 4.86. The van der Waals surface area contributed by atoms with Gasteiger partial charge in [-0.1, -0.05) is 18.2 Å². The molecule has 1 unspecified atom stereocenters. The number of carbonyl (C=O) groups excluding carboxylic acids is 2. The second-order valence-electron chi connectivity index (χ2n) is 7.21. The summed E-state index contributed by atoms with van der Waals surface area (Å²) in [6.45, 7) is 1.22. The summed E-state index contributed by atoms with van der Waals surface area (Å²) in [5, 5.41) is 12.1. The molecule has 2 aromatic rings. The fourth-order valence-corrected chi connectivity index (χ4v) is 4.25. The molecule has 1 atom stereocenters. The van der Waals surface area contributed by atoms with Gasteiger partial charge in [-0.2, -0.15) is 0 Å². The van der Waals surface area contributed by atoms with Crippen LogP contribution in [0.15, 0.2) is 41.3 Å². The number of amides is 2. The molecule has 166 valence electrons. The molecule has 1 heterocycles. The Kier molecular flexibility index (Phi) is 8.20. The van der Waals surface area contributed by atoms with E-state index in [-0.39, 0.29) is 13.2 Å². The Balaban J connectivity index is 1.52. The van der Waals surface area contributed by atoms with E-state index in [1.807, 2.05) is 31.2 Å². The van der Waals surface area contributed by atoms with Gasteiger partial charge in [-0.05, 0) is 61.3 Å². The van der Waals surface area contributed by atoms with Crippen LogP contribution in [0.1, 0.15) is 24.0 Å². The number of thioether (sulfide) groups is 1. The van der Waals surface area contributed by atoms with Crippen LogP contribution in [0.5, 0.6) is 17.2 Å². The number of benzene rings is 2. The van der Waals surface area contributed by atoms with Gasteiger partial charge in [0, 0.05) is 4.90 Å². The zero-order valence-electron chi connectivity index (χ0n) is 17.7. The molecular formula is C23H27NO6S. The third-order valence-corrected chi connectivity index (χ3v) is 6.04. The third kappa shape index (κ3) is 6.38. The molecule has 0 fully saturated rings. The van der Waals surface area contributed by atoms with E-state index in [0.717, 1.165) is 35.5 Å². The van der Waals surface area contributed by atoms with E-state index >= 15 is 0 Å². The van der Waals surface area contributed by atoms with E-state index in [2.05, 4.69) is 5.32 Å². The Labute approximate surface area is 186 Å². The maximum atomic E-state index is 12.1. The van der Waals surface area contributed by atoms with Crippen LogP contribution < -0.4 is 19.5 Å². The first kappa shape index (κ1) is 23.0. The molecule has 0 saturated carbocycles. The molecule has 3 rings (SSSR count). The highest BCUT2D eigenvalue weighted by molar-refractivity contribution is 7.99. The molecule has 0 spiro atoms. The van der Waals surface area contributed by atoms with Gasteiger partial charge in [-0.15, -0.1) is 11.8 Å². The molecule has 0 aromatic heterocycles. The normalized spacial score (nSPS) is 14.0. The number of hydrogen-bond donors (Lipinski definition) is 2. The molecule has 2 N–H and O–H groups in total. The summed E-state index contributed by atoms with van der Waals surface area (Å²) in [5.74, 6) is 1.10. The lowest BCUT2D eigenvalue weighted by Gasteiger charge is -2.15. The Bertz CT molecular complexity index is 932. The largest absolute Gasteiger partial charge is 0.493 e. The zero-order valence-corrected chi connectivity index (χ0v) is 18.5. The smallest absolute Gasteiger partial charge is 0.264 e. The maximum absolute atomic E-state index is 12.1. The molecule has 0 bridgehead atoms. The lowest BCUT2D eigenvalue weighted by molar-refractivity contribution is -0.137. The number of ether oxygens (including phenoxy) is 3. The highest BCUT2D eigenvalue weighted by Gasteiger charge is 2.20. The van der Waals surface area contributed by atoms with Crippen molar-refractivity contribution in [3.63, 3.8) is 0 Å². The van der Waals surface area contributed by atoms with Gasteiger partial charge in [0.15, 0.2) is 24.2 Å².